The van der Waals surface area contributed by atoms with Crippen molar-refractivity contribution in [3.63, 3.8) is 0 Å². The molecule has 0 radical (unpaired) electrons. The molecule has 1 N–H and O–H groups in total. The maximum atomic E-state index is 13.9. The Labute approximate surface area is 178 Å². The van der Waals surface area contributed by atoms with Gasteiger partial charge in [-0.1, -0.05) is 51.5 Å². The zero-order valence-electron chi connectivity index (χ0n) is 18.1. The Morgan fingerprint density at radius 2 is 1.90 bits per heavy atom. The van der Waals surface area contributed by atoms with Crippen molar-refractivity contribution in [1.82, 2.24) is 10.2 Å². The molecule has 2 saturated heterocycles. The zero-order valence-corrected chi connectivity index (χ0v) is 18.1. The molecule has 0 bridgehead atoms. The van der Waals surface area contributed by atoms with Crippen LogP contribution in [-0.4, -0.2) is 41.8 Å². The van der Waals surface area contributed by atoms with Crippen molar-refractivity contribution in [3.05, 3.63) is 42.5 Å². The number of amides is 3. The van der Waals surface area contributed by atoms with E-state index in [4.69, 9.17) is 0 Å². The lowest BCUT2D eigenvalue weighted by Crippen LogP contribution is -2.55. The molecule has 1 aromatic carbocycles. The third kappa shape index (κ3) is 2.77. The summed E-state index contributed by atoms with van der Waals surface area (Å²) < 4.78 is 0. The maximum absolute atomic E-state index is 13.9. The van der Waals surface area contributed by atoms with E-state index in [9.17, 15) is 14.4 Å². The van der Waals surface area contributed by atoms with Gasteiger partial charge in [-0.05, 0) is 24.8 Å². The van der Waals surface area contributed by atoms with Crippen molar-refractivity contribution in [2.75, 3.05) is 18.0 Å². The smallest absolute Gasteiger partial charge is 0.253 e. The van der Waals surface area contributed by atoms with Crippen molar-refractivity contribution in [1.29, 1.82) is 0 Å². The highest BCUT2D eigenvalue weighted by molar-refractivity contribution is 6.16. The normalized spacial score (nSPS) is 30.0. The van der Waals surface area contributed by atoms with E-state index in [1.165, 1.54) is 4.90 Å². The van der Waals surface area contributed by atoms with Gasteiger partial charge < -0.3 is 4.90 Å². The molecular formula is C24H31N3O3. The minimum atomic E-state index is -1.18. The highest BCUT2D eigenvalue weighted by Gasteiger charge is 2.71. The Kier molecular flexibility index (Phi) is 5.30. The van der Waals surface area contributed by atoms with Crippen molar-refractivity contribution < 1.29 is 14.4 Å². The number of nitrogens with zero attached hydrogens (tertiary/aromatic N) is 2. The van der Waals surface area contributed by atoms with Gasteiger partial charge >= 0.3 is 0 Å². The summed E-state index contributed by atoms with van der Waals surface area (Å²) in [6.45, 7) is 10.8. The van der Waals surface area contributed by atoms with Crippen LogP contribution in [0.15, 0.2) is 36.9 Å². The van der Waals surface area contributed by atoms with Crippen LogP contribution in [0.3, 0.4) is 0 Å². The number of likely N-dealkylation sites (tertiary alicyclic amines) is 1. The minimum absolute atomic E-state index is 0.124. The van der Waals surface area contributed by atoms with Crippen LogP contribution in [0.2, 0.25) is 0 Å². The van der Waals surface area contributed by atoms with Crippen LogP contribution >= 0.6 is 0 Å². The molecule has 0 aromatic heterocycles. The summed E-state index contributed by atoms with van der Waals surface area (Å²) in [5, 5.41) is 3.54. The molecule has 160 valence electrons. The molecular weight excluding hydrogens is 378 g/mol. The SMILES string of the molecule is C=CCN1C(=O)C2(NC(CC(C)C)C3C(=O)N(CCCC)C(=O)C32)c2ccccc21. The molecule has 0 saturated carbocycles. The summed E-state index contributed by atoms with van der Waals surface area (Å²) in [6.07, 6.45) is 4.11. The fourth-order valence-corrected chi connectivity index (χ4v) is 5.56. The Morgan fingerprint density at radius 3 is 2.57 bits per heavy atom. The molecule has 3 amide bonds. The topological polar surface area (TPSA) is 69.7 Å². The second-order valence-electron chi connectivity index (χ2n) is 9.10. The number of carbonyl (C=O) groups is 3. The standard InChI is InChI=1S/C24H31N3O3/c1-5-7-13-27-21(28)19-17(14-15(3)4)25-24(20(19)22(27)29)16-10-8-9-11-18(16)26(12-6-2)23(24)30/h6,8-11,15,17,19-20,25H,2,5,7,12-14H2,1,3-4H3. The summed E-state index contributed by atoms with van der Waals surface area (Å²) >= 11 is 0. The van der Waals surface area contributed by atoms with Gasteiger partial charge in [-0.15, -0.1) is 6.58 Å². The lowest BCUT2D eigenvalue weighted by atomic mass is 9.76. The van der Waals surface area contributed by atoms with E-state index < -0.39 is 17.4 Å². The molecule has 2 fully saturated rings. The summed E-state index contributed by atoms with van der Waals surface area (Å²) in [7, 11) is 0. The summed E-state index contributed by atoms with van der Waals surface area (Å²) in [6, 6.07) is 7.42. The molecule has 6 heteroatoms. The molecule has 1 aromatic rings. The quantitative estimate of drug-likeness (QED) is 0.555. The van der Waals surface area contributed by atoms with Crippen LogP contribution in [0.5, 0.6) is 0 Å². The molecule has 3 aliphatic heterocycles. The number of unbranched alkanes of at least 4 members (excludes halogenated alkanes) is 1. The number of fused-ring (bicyclic) bond motifs is 4. The Morgan fingerprint density at radius 1 is 1.17 bits per heavy atom. The number of nitrogens with one attached hydrogen (secondary N) is 1. The first-order valence-corrected chi connectivity index (χ1v) is 11.0. The Bertz CT molecular complexity index is 895. The van der Waals surface area contributed by atoms with Gasteiger partial charge in [0.1, 0.15) is 5.54 Å². The second-order valence-corrected chi connectivity index (χ2v) is 9.10. The average Bonchev–Trinajstić information content (AvgIpc) is 3.26. The maximum Gasteiger partial charge on any atom is 0.253 e. The first-order valence-electron chi connectivity index (χ1n) is 11.0. The van der Waals surface area contributed by atoms with E-state index in [0.29, 0.717) is 19.0 Å². The van der Waals surface area contributed by atoms with E-state index in [-0.39, 0.29) is 23.8 Å². The van der Waals surface area contributed by atoms with E-state index in [1.807, 2.05) is 31.2 Å². The lowest BCUT2D eigenvalue weighted by Gasteiger charge is -2.30. The van der Waals surface area contributed by atoms with Gasteiger partial charge in [0.25, 0.3) is 5.91 Å². The van der Waals surface area contributed by atoms with E-state index in [0.717, 1.165) is 30.5 Å². The molecule has 3 heterocycles. The highest BCUT2D eigenvalue weighted by Crippen LogP contribution is 2.55. The zero-order chi connectivity index (χ0) is 21.6. The molecule has 1 spiro atoms. The van der Waals surface area contributed by atoms with Crippen molar-refractivity contribution in [2.45, 2.75) is 51.6 Å². The lowest BCUT2D eigenvalue weighted by molar-refractivity contribution is -0.143. The third-order valence-corrected chi connectivity index (χ3v) is 6.73. The predicted molar refractivity (Wildman–Crippen MR) is 116 cm³/mol. The fourth-order valence-electron chi connectivity index (χ4n) is 5.56. The average molecular weight is 410 g/mol. The Balaban J connectivity index is 1.85. The van der Waals surface area contributed by atoms with Crippen LogP contribution in [0.1, 0.15) is 45.6 Å². The van der Waals surface area contributed by atoms with Crippen molar-refractivity contribution in [2.24, 2.45) is 17.8 Å². The first kappa shape index (κ1) is 20.8. The van der Waals surface area contributed by atoms with Crippen LogP contribution in [-0.2, 0) is 19.9 Å². The summed E-state index contributed by atoms with van der Waals surface area (Å²) in [5.74, 6) is -1.35. The number of imide groups is 1. The first-order chi connectivity index (χ1) is 14.4. The highest BCUT2D eigenvalue weighted by atomic mass is 16.2. The number of hydrogen-bond donors (Lipinski definition) is 1. The Hall–Kier alpha value is -2.47. The van der Waals surface area contributed by atoms with E-state index >= 15 is 0 Å². The van der Waals surface area contributed by atoms with E-state index in [1.54, 1.807) is 11.0 Å². The van der Waals surface area contributed by atoms with Gasteiger partial charge in [-0.2, -0.15) is 0 Å². The van der Waals surface area contributed by atoms with Gasteiger partial charge in [-0.3, -0.25) is 24.6 Å². The molecule has 3 aliphatic rings. The van der Waals surface area contributed by atoms with Crippen LogP contribution in [0.4, 0.5) is 5.69 Å². The van der Waals surface area contributed by atoms with Crippen molar-refractivity contribution >= 4 is 23.4 Å². The molecule has 6 nitrogen and oxygen atoms in total. The summed E-state index contributed by atoms with van der Waals surface area (Å²) in [4.78, 5) is 43.9. The second kappa shape index (κ2) is 7.65. The van der Waals surface area contributed by atoms with E-state index in [2.05, 4.69) is 25.7 Å². The number of rotatable bonds is 7. The number of carbonyl (C=O) groups excluding carboxylic acids is 3. The van der Waals surface area contributed by atoms with Gasteiger partial charge in [0.05, 0.1) is 11.8 Å². The summed E-state index contributed by atoms with van der Waals surface area (Å²) in [5.41, 5.74) is 0.417. The van der Waals surface area contributed by atoms with Gasteiger partial charge in [-0.25, -0.2) is 0 Å². The van der Waals surface area contributed by atoms with Crippen LogP contribution < -0.4 is 10.2 Å². The van der Waals surface area contributed by atoms with Crippen molar-refractivity contribution in [3.8, 4) is 0 Å². The number of benzene rings is 1. The van der Waals surface area contributed by atoms with Gasteiger partial charge in [0.15, 0.2) is 0 Å². The molecule has 30 heavy (non-hydrogen) atoms. The third-order valence-electron chi connectivity index (χ3n) is 6.73. The number of anilines is 1. The minimum Gasteiger partial charge on any atom is -0.306 e. The molecule has 4 rings (SSSR count). The molecule has 0 aliphatic carbocycles. The largest absolute Gasteiger partial charge is 0.306 e. The number of para-hydroxylation sites is 1. The number of hydrogen-bond acceptors (Lipinski definition) is 4. The molecule has 4 unspecified atom stereocenters. The van der Waals surface area contributed by atoms with Gasteiger partial charge in [0, 0.05) is 30.4 Å². The molecule has 4 atom stereocenters. The van der Waals surface area contributed by atoms with Crippen LogP contribution in [0, 0.1) is 17.8 Å². The van der Waals surface area contributed by atoms with Gasteiger partial charge in [0.2, 0.25) is 11.8 Å². The monoisotopic (exact) mass is 409 g/mol. The van der Waals surface area contributed by atoms with Crippen LogP contribution in [0.25, 0.3) is 0 Å². The fraction of sp³-hybridized carbons (Fsp3) is 0.542. The predicted octanol–water partition coefficient (Wildman–Crippen LogP) is 2.83.